The summed E-state index contributed by atoms with van der Waals surface area (Å²) in [6, 6.07) is 1.92. The standard InChI is InChI=1S/C10H9BrF2N2O/c1-16-10-8(9(12)13)7(4-11)6(2-3-14)5-15-10/h5,9H,2,4H2,1H3. The van der Waals surface area contributed by atoms with E-state index in [1.54, 1.807) is 0 Å². The molecule has 0 N–H and O–H groups in total. The van der Waals surface area contributed by atoms with Gasteiger partial charge in [0, 0.05) is 11.5 Å². The first-order valence-corrected chi connectivity index (χ1v) is 5.53. The van der Waals surface area contributed by atoms with Gasteiger partial charge >= 0.3 is 0 Å². The van der Waals surface area contributed by atoms with Crippen LogP contribution in [0.15, 0.2) is 6.20 Å². The molecule has 1 aromatic rings. The minimum atomic E-state index is -2.67. The van der Waals surface area contributed by atoms with Gasteiger partial charge in [-0.15, -0.1) is 0 Å². The maximum Gasteiger partial charge on any atom is 0.269 e. The Balaban J connectivity index is 3.38. The Morgan fingerprint density at radius 1 is 1.62 bits per heavy atom. The van der Waals surface area contributed by atoms with E-state index < -0.39 is 6.43 Å². The summed E-state index contributed by atoms with van der Waals surface area (Å²) in [5.74, 6) is -0.0915. The highest BCUT2D eigenvalue weighted by Gasteiger charge is 2.22. The van der Waals surface area contributed by atoms with E-state index in [2.05, 4.69) is 20.9 Å². The second-order valence-corrected chi connectivity index (χ2v) is 3.51. The van der Waals surface area contributed by atoms with E-state index in [1.807, 2.05) is 6.07 Å². The third kappa shape index (κ3) is 2.47. The maximum absolute atomic E-state index is 12.9. The van der Waals surface area contributed by atoms with Crippen molar-refractivity contribution >= 4 is 15.9 Å². The molecular weight excluding hydrogens is 282 g/mol. The molecule has 0 fully saturated rings. The fourth-order valence-corrected chi connectivity index (χ4v) is 2.03. The molecule has 0 aliphatic rings. The van der Waals surface area contributed by atoms with Crippen molar-refractivity contribution in [3.05, 3.63) is 22.9 Å². The predicted molar refractivity (Wildman–Crippen MR) is 57.7 cm³/mol. The van der Waals surface area contributed by atoms with Gasteiger partial charge in [0.15, 0.2) is 0 Å². The van der Waals surface area contributed by atoms with Gasteiger partial charge in [-0.25, -0.2) is 13.8 Å². The second-order valence-electron chi connectivity index (χ2n) is 2.95. The number of rotatable bonds is 4. The molecule has 0 aliphatic heterocycles. The first-order valence-electron chi connectivity index (χ1n) is 4.41. The minimum Gasteiger partial charge on any atom is -0.481 e. The number of halogens is 3. The molecule has 16 heavy (non-hydrogen) atoms. The van der Waals surface area contributed by atoms with E-state index in [1.165, 1.54) is 13.3 Å². The number of pyridine rings is 1. The minimum absolute atomic E-state index is 0.0532. The number of methoxy groups -OCH3 is 1. The van der Waals surface area contributed by atoms with Gasteiger partial charge in [0.2, 0.25) is 5.88 Å². The Kier molecular flexibility index (Phi) is 4.62. The highest BCUT2D eigenvalue weighted by Crippen LogP contribution is 2.33. The van der Waals surface area contributed by atoms with Gasteiger partial charge in [-0.1, -0.05) is 15.9 Å². The Morgan fingerprint density at radius 2 is 2.31 bits per heavy atom. The summed E-state index contributed by atoms with van der Waals surface area (Å²) in [6.07, 6.45) is -1.23. The molecule has 1 rings (SSSR count). The molecular formula is C10H9BrF2N2O. The number of ether oxygens (including phenoxy) is 1. The molecule has 0 aromatic carbocycles. The third-order valence-corrected chi connectivity index (χ3v) is 2.66. The van der Waals surface area contributed by atoms with Gasteiger partial charge in [0.1, 0.15) is 0 Å². The van der Waals surface area contributed by atoms with Crippen molar-refractivity contribution in [3.63, 3.8) is 0 Å². The molecule has 0 bridgehead atoms. The first-order chi connectivity index (χ1) is 7.65. The van der Waals surface area contributed by atoms with Crippen LogP contribution in [-0.2, 0) is 11.8 Å². The van der Waals surface area contributed by atoms with Gasteiger partial charge in [-0.05, 0) is 11.1 Å². The Bertz CT molecular complexity index is 418. The number of hydrogen-bond acceptors (Lipinski definition) is 3. The quantitative estimate of drug-likeness (QED) is 0.801. The summed E-state index contributed by atoms with van der Waals surface area (Å²) in [7, 11) is 1.29. The molecule has 1 aromatic heterocycles. The van der Waals surface area contributed by atoms with E-state index in [9.17, 15) is 8.78 Å². The van der Waals surface area contributed by atoms with Crippen LogP contribution in [0.1, 0.15) is 23.1 Å². The molecule has 0 saturated carbocycles. The lowest BCUT2D eigenvalue weighted by Crippen LogP contribution is -2.04. The summed E-state index contributed by atoms with van der Waals surface area (Å²) >= 11 is 3.13. The zero-order valence-electron chi connectivity index (χ0n) is 8.51. The van der Waals surface area contributed by atoms with Crippen molar-refractivity contribution in [2.75, 3.05) is 7.11 Å². The number of hydrogen-bond donors (Lipinski definition) is 0. The third-order valence-electron chi connectivity index (χ3n) is 2.10. The topological polar surface area (TPSA) is 45.9 Å². The molecule has 0 saturated heterocycles. The lowest BCUT2D eigenvalue weighted by atomic mass is 10.0. The molecule has 0 atom stereocenters. The van der Waals surface area contributed by atoms with Gasteiger partial charge in [-0.3, -0.25) is 0 Å². The summed E-state index contributed by atoms with van der Waals surface area (Å²) in [4.78, 5) is 3.77. The summed E-state index contributed by atoms with van der Waals surface area (Å²) in [5, 5.41) is 8.82. The van der Waals surface area contributed by atoms with Crippen LogP contribution in [0, 0.1) is 11.3 Å². The van der Waals surface area contributed by atoms with E-state index in [-0.39, 0.29) is 23.2 Å². The highest BCUT2D eigenvalue weighted by atomic mass is 79.9. The van der Waals surface area contributed by atoms with Crippen LogP contribution in [0.2, 0.25) is 0 Å². The Morgan fingerprint density at radius 3 is 2.75 bits per heavy atom. The fourth-order valence-electron chi connectivity index (χ4n) is 1.37. The van der Waals surface area contributed by atoms with Crippen LogP contribution in [0.5, 0.6) is 5.88 Å². The molecule has 0 radical (unpaired) electrons. The van der Waals surface area contributed by atoms with Gasteiger partial charge in [0.05, 0.1) is 25.2 Å². The predicted octanol–water partition coefficient (Wildman–Crippen LogP) is 2.99. The van der Waals surface area contributed by atoms with Crippen molar-refractivity contribution in [3.8, 4) is 11.9 Å². The van der Waals surface area contributed by atoms with Crippen LogP contribution in [0.3, 0.4) is 0 Å². The SMILES string of the molecule is COc1ncc(CC#N)c(CBr)c1C(F)F. The van der Waals surface area contributed by atoms with Crippen molar-refractivity contribution in [1.82, 2.24) is 4.98 Å². The zero-order chi connectivity index (χ0) is 12.1. The van der Waals surface area contributed by atoms with Gasteiger partial charge < -0.3 is 4.74 Å². The lowest BCUT2D eigenvalue weighted by molar-refractivity contribution is 0.145. The molecule has 3 nitrogen and oxygen atoms in total. The summed E-state index contributed by atoms with van der Waals surface area (Å²) in [5.41, 5.74) is 0.631. The monoisotopic (exact) mass is 290 g/mol. The van der Waals surface area contributed by atoms with Crippen molar-refractivity contribution in [2.24, 2.45) is 0 Å². The number of aromatic nitrogens is 1. The first kappa shape index (κ1) is 12.8. The van der Waals surface area contributed by atoms with E-state index in [4.69, 9.17) is 10.00 Å². The molecule has 6 heteroatoms. The average molecular weight is 291 g/mol. The van der Waals surface area contributed by atoms with E-state index >= 15 is 0 Å². The lowest BCUT2D eigenvalue weighted by Gasteiger charge is -2.13. The average Bonchev–Trinajstić information content (AvgIpc) is 2.28. The van der Waals surface area contributed by atoms with Crippen LogP contribution < -0.4 is 4.74 Å². The van der Waals surface area contributed by atoms with E-state index in [0.29, 0.717) is 11.1 Å². The zero-order valence-corrected chi connectivity index (χ0v) is 10.1. The summed E-state index contributed by atoms with van der Waals surface area (Å²) in [6.45, 7) is 0. The largest absolute Gasteiger partial charge is 0.481 e. The smallest absolute Gasteiger partial charge is 0.269 e. The summed E-state index contributed by atoms with van der Waals surface area (Å²) < 4.78 is 30.5. The highest BCUT2D eigenvalue weighted by molar-refractivity contribution is 9.08. The molecule has 86 valence electrons. The second kappa shape index (κ2) is 5.75. The number of nitriles is 1. The number of nitrogens with zero attached hydrogens (tertiary/aromatic N) is 2. The van der Waals surface area contributed by atoms with E-state index in [0.717, 1.165) is 0 Å². The Labute approximate surface area is 100 Å². The van der Waals surface area contributed by atoms with Crippen LogP contribution in [0.25, 0.3) is 0 Å². The van der Waals surface area contributed by atoms with Crippen LogP contribution in [0.4, 0.5) is 8.78 Å². The number of alkyl halides is 3. The normalized spacial score (nSPS) is 10.2. The molecule has 1 heterocycles. The van der Waals surface area contributed by atoms with Crippen LogP contribution >= 0.6 is 15.9 Å². The van der Waals surface area contributed by atoms with Crippen molar-refractivity contribution < 1.29 is 13.5 Å². The van der Waals surface area contributed by atoms with Gasteiger partial charge in [-0.2, -0.15) is 5.26 Å². The maximum atomic E-state index is 12.9. The van der Waals surface area contributed by atoms with Gasteiger partial charge in [0.25, 0.3) is 6.43 Å². The van der Waals surface area contributed by atoms with Crippen molar-refractivity contribution in [1.29, 1.82) is 5.26 Å². The van der Waals surface area contributed by atoms with Crippen molar-refractivity contribution in [2.45, 2.75) is 18.2 Å². The molecule has 0 amide bonds. The molecule has 0 aliphatic carbocycles. The fraction of sp³-hybridized carbons (Fsp3) is 0.400. The Hall–Kier alpha value is -1.22. The van der Waals surface area contributed by atoms with Crippen LogP contribution in [-0.4, -0.2) is 12.1 Å². The molecule has 0 unspecified atom stereocenters. The molecule has 0 spiro atoms.